The van der Waals surface area contributed by atoms with Crippen molar-refractivity contribution in [3.63, 3.8) is 0 Å². The zero-order valence-electron chi connectivity index (χ0n) is 7.64. The lowest BCUT2D eigenvalue weighted by atomic mass is 10.2. The van der Waals surface area contributed by atoms with Crippen molar-refractivity contribution in [2.24, 2.45) is 0 Å². The van der Waals surface area contributed by atoms with Gasteiger partial charge in [-0.2, -0.15) is 0 Å². The van der Waals surface area contributed by atoms with Crippen LogP contribution in [0.4, 0.5) is 0 Å². The summed E-state index contributed by atoms with van der Waals surface area (Å²) in [6.45, 7) is 0. The molecule has 0 aliphatic rings. The van der Waals surface area contributed by atoms with Gasteiger partial charge in [-0.05, 0) is 35.2 Å². The van der Waals surface area contributed by atoms with Crippen LogP contribution in [0.3, 0.4) is 0 Å². The van der Waals surface area contributed by atoms with Crippen molar-refractivity contribution in [2.45, 2.75) is 9.10 Å². The van der Waals surface area contributed by atoms with Crippen molar-refractivity contribution >= 4 is 39.9 Å². The molecule has 0 saturated heterocycles. The van der Waals surface area contributed by atoms with Crippen molar-refractivity contribution in [2.75, 3.05) is 0 Å². The van der Waals surface area contributed by atoms with E-state index in [1.54, 1.807) is 29.2 Å². The summed E-state index contributed by atoms with van der Waals surface area (Å²) in [5.74, 6) is 0. The molecule has 76 valence electrons. The number of carbonyl (C=O) groups is 1. The Labute approximate surface area is 101 Å². The van der Waals surface area contributed by atoms with E-state index in [9.17, 15) is 4.79 Å². The Morgan fingerprint density at radius 3 is 2.67 bits per heavy atom. The average Bonchev–Trinajstić information content (AvgIpc) is 2.71. The monoisotopic (exact) mass is 254 g/mol. The Morgan fingerprint density at radius 1 is 1.20 bits per heavy atom. The molecule has 0 radical (unpaired) electrons. The van der Waals surface area contributed by atoms with Gasteiger partial charge in [0.25, 0.3) is 5.24 Å². The SMILES string of the molecule is O=C(Cl)c1ccccc1Sc1cccs1. The lowest BCUT2D eigenvalue weighted by Gasteiger charge is -2.02. The molecule has 4 heteroatoms. The maximum absolute atomic E-state index is 11.2. The molecule has 0 fully saturated rings. The van der Waals surface area contributed by atoms with Gasteiger partial charge in [0.1, 0.15) is 0 Å². The Balaban J connectivity index is 2.32. The van der Waals surface area contributed by atoms with Crippen LogP contribution in [-0.4, -0.2) is 5.24 Å². The smallest absolute Gasteiger partial charge is 0.253 e. The first-order valence-corrected chi connectivity index (χ1v) is 6.35. The minimum atomic E-state index is -0.408. The average molecular weight is 255 g/mol. The minimum Gasteiger partial charge on any atom is -0.276 e. The number of benzene rings is 1. The van der Waals surface area contributed by atoms with E-state index in [0.717, 1.165) is 9.10 Å². The zero-order chi connectivity index (χ0) is 10.7. The lowest BCUT2D eigenvalue weighted by molar-refractivity contribution is 0.107. The maximum atomic E-state index is 11.2. The second kappa shape index (κ2) is 4.84. The van der Waals surface area contributed by atoms with Crippen molar-refractivity contribution in [3.8, 4) is 0 Å². The quantitative estimate of drug-likeness (QED) is 0.761. The molecule has 1 aromatic heterocycles. The predicted octanol–water partition coefficient (Wildman–Crippen LogP) is 4.28. The summed E-state index contributed by atoms with van der Waals surface area (Å²) in [5, 5.41) is 1.60. The molecule has 1 heterocycles. The molecule has 2 rings (SSSR count). The fraction of sp³-hybridized carbons (Fsp3) is 0. The van der Waals surface area contributed by atoms with Gasteiger partial charge in [-0.3, -0.25) is 4.79 Å². The molecule has 0 spiro atoms. The summed E-state index contributed by atoms with van der Waals surface area (Å²) in [5.41, 5.74) is 0.567. The second-order valence-corrected chi connectivity index (χ2v) is 5.44. The first-order chi connectivity index (χ1) is 7.27. The molecule has 0 unspecified atom stereocenters. The summed E-state index contributed by atoms with van der Waals surface area (Å²) in [7, 11) is 0. The van der Waals surface area contributed by atoms with Gasteiger partial charge in [-0.25, -0.2) is 0 Å². The molecule has 1 aromatic carbocycles. The van der Waals surface area contributed by atoms with Gasteiger partial charge in [0.05, 0.1) is 4.21 Å². The van der Waals surface area contributed by atoms with E-state index in [-0.39, 0.29) is 0 Å². The summed E-state index contributed by atoms with van der Waals surface area (Å²) in [4.78, 5) is 12.1. The normalized spacial score (nSPS) is 10.2. The summed E-state index contributed by atoms with van der Waals surface area (Å²) >= 11 is 8.71. The van der Waals surface area contributed by atoms with E-state index in [1.165, 1.54) is 0 Å². The third-order valence-electron chi connectivity index (χ3n) is 1.80. The van der Waals surface area contributed by atoms with E-state index in [0.29, 0.717) is 5.56 Å². The third kappa shape index (κ3) is 2.62. The van der Waals surface area contributed by atoms with Crippen LogP contribution in [0.25, 0.3) is 0 Å². The van der Waals surface area contributed by atoms with E-state index >= 15 is 0 Å². The van der Waals surface area contributed by atoms with Gasteiger partial charge in [-0.1, -0.05) is 30.0 Å². The molecular formula is C11H7ClOS2. The molecule has 15 heavy (non-hydrogen) atoms. The van der Waals surface area contributed by atoms with E-state index in [4.69, 9.17) is 11.6 Å². The highest BCUT2D eigenvalue weighted by atomic mass is 35.5. The highest BCUT2D eigenvalue weighted by Gasteiger charge is 2.09. The van der Waals surface area contributed by atoms with Crippen LogP contribution in [-0.2, 0) is 0 Å². The van der Waals surface area contributed by atoms with Crippen molar-refractivity contribution in [1.82, 2.24) is 0 Å². The predicted molar refractivity (Wildman–Crippen MR) is 65.1 cm³/mol. The number of hydrogen-bond acceptors (Lipinski definition) is 3. The Hall–Kier alpha value is -0.770. The standard InChI is InChI=1S/C11H7ClOS2/c12-11(13)8-4-1-2-5-9(8)15-10-6-3-7-14-10/h1-7H. The minimum absolute atomic E-state index is 0.408. The van der Waals surface area contributed by atoms with Gasteiger partial charge in [0.15, 0.2) is 0 Å². The van der Waals surface area contributed by atoms with Crippen molar-refractivity contribution in [1.29, 1.82) is 0 Å². The van der Waals surface area contributed by atoms with Crippen LogP contribution in [0.5, 0.6) is 0 Å². The molecule has 0 N–H and O–H groups in total. The van der Waals surface area contributed by atoms with E-state index < -0.39 is 5.24 Å². The Bertz CT molecular complexity index is 465. The van der Waals surface area contributed by atoms with Crippen LogP contribution >= 0.6 is 34.7 Å². The number of rotatable bonds is 3. The molecule has 2 aromatic rings. The number of halogens is 1. The molecule has 1 nitrogen and oxygen atoms in total. The molecule has 0 aliphatic heterocycles. The van der Waals surface area contributed by atoms with Crippen LogP contribution < -0.4 is 0 Å². The van der Waals surface area contributed by atoms with Gasteiger partial charge in [0.2, 0.25) is 0 Å². The topological polar surface area (TPSA) is 17.1 Å². The van der Waals surface area contributed by atoms with Crippen LogP contribution in [0, 0.1) is 0 Å². The zero-order valence-corrected chi connectivity index (χ0v) is 10.0. The van der Waals surface area contributed by atoms with Gasteiger partial charge in [-0.15, -0.1) is 11.3 Å². The van der Waals surface area contributed by atoms with Gasteiger partial charge < -0.3 is 0 Å². The number of hydrogen-bond donors (Lipinski definition) is 0. The molecule has 0 amide bonds. The lowest BCUT2D eigenvalue weighted by Crippen LogP contribution is -1.90. The van der Waals surface area contributed by atoms with E-state index in [2.05, 4.69) is 0 Å². The van der Waals surface area contributed by atoms with Gasteiger partial charge >= 0.3 is 0 Å². The summed E-state index contributed by atoms with van der Waals surface area (Å²) in [6, 6.07) is 11.4. The number of thiophene rings is 1. The van der Waals surface area contributed by atoms with E-state index in [1.807, 2.05) is 35.7 Å². The second-order valence-electron chi connectivity index (χ2n) is 2.80. The maximum Gasteiger partial charge on any atom is 0.253 e. The molecular weight excluding hydrogens is 248 g/mol. The fourth-order valence-electron chi connectivity index (χ4n) is 1.15. The third-order valence-corrected chi connectivity index (χ3v) is 4.12. The van der Waals surface area contributed by atoms with Gasteiger partial charge in [0, 0.05) is 10.5 Å². The van der Waals surface area contributed by atoms with Crippen LogP contribution in [0.1, 0.15) is 10.4 Å². The van der Waals surface area contributed by atoms with Crippen molar-refractivity contribution in [3.05, 3.63) is 47.3 Å². The molecule has 0 saturated carbocycles. The number of carbonyl (C=O) groups excluding carboxylic acids is 1. The summed E-state index contributed by atoms with van der Waals surface area (Å²) < 4.78 is 1.15. The fourth-order valence-corrected chi connectivity index (χ4v) is 3.23. The molecule has 0 atom stereocenters. The molecule has 0 aliphatic carbocycles. The largest absolute Gasteiger partial charge is 0.276 e. The Morgan fingerprint density at radius 2 is 2.00 bits per heavy atom. The first-order valence-electron chi connectivity index (χ1n) is 4.27. The highest BCUT2D eigenvalue weighted by Crippen LogP contribution is 2.33. The molecule has 0 bridgehead atoms. The summed E-state index contributed by atoms with van der Waals surface area (Å²) in [6.07, 6.45) is 0. The Kier molecular flexibility index (Phi) is 3.46. The first kappa shape index (κ1) is 10.7. The van der Waals surface area contributed by atoms with Crippen LogP contribution in [0.2, 0.25) is 0 Å². The van der Waals surface area contributed by atoms with Crippen molar-refractivity contribution < 1.29 is 4.79 Å². The van der Waals surface area contributed by atoms with Crippen LogP contribution in [0.15, 0.2) is 50.9 Å². The highest BCUT2D eigenvalue weighted by molar-refractivity contribution is 8.01.